The highest BCUT2D eigenvalue weighted by molar-refractivity contribution is 5.95. The SMILES string of the molecule is CCCc1cc(C(=O)N2CCC2)cc(OC(F)(F)F)c1OC. The van der Waals surface area contributed by atoms with Gasteiger partial charge in [0.05, 0.1) is 7.11 Å². The maximum absolute atomic E-state index is 12.6. The van der Waals surface area contributed by atoms with Crippen LogP contribution >= 0.6 is 0 Å². The molecule has 22 heavy (non-hydrogen) atoms. The lowest BCUT2D eigenvalue weighted by atomic mass is 10.0. The summed E-state index contributed by atoms with van der Waals surface area (Å²) in [7, 11) is 1.29. The highest BCUT2D eigenvalue weighted by Crippen LogP contribution is 2.37. The highest BCUT2D eigenvalue weighted by Gasteiger charge is 2.34. The maximum atomic E-state index is 12.6. The van der Waals surface area contributed by atoms with E-state index in [1.165, 1.54) is 7.11 Å². The number of ether oxygens (including phenoxy) is 2. The number of likely N-dealkylation sites (tertiary alicyclic amines) is 1. The van der Waals surface area contributed by atoms with Crippen molar-refractivity contribution >= 4 is 5.91 Å². The molecule has 0 atom stereocenters. The largest absolute Gasteiger partial charge is 0.573 e. The third-order valence-electron chi connectivity index (χ3n) is 3.47. The van der Waals surface area contributed by atoms with Crippen molar-refractivity contribution < 1.29 is 27.4 Å². The van der Waals surface area contributed by atoms with Gasteiger partial charge in [0.15, 0.2) is 11.5 Å². The molecular formula is C15H18F3NO3. The summed E-state index contributed by atoms with van der Waals surface area (Å²) in [5.41, 5.74) is 0.735. The van der Waals surface area contributed by atoms with Crippen LogP contribution in [0, 0.1) is 0 Å². The molecule has 0 saturated carbocycles. The van der Waals surface area contributed by atoms with Gasteiger partial charge in [-0.2, -0.15) is 0 Å². The van der Waals surface area contributed by atoms with Crippen molar-refractivity contribution in [1.29, 1.82) is 0 Å². The number of rotatable bonds is 5. The summed E-state index contributed by atoms with van der Waals surface area (Å²) in [6, 6.07) is 2.69. The first-order chi connectivity index (χ1) is 10.4. The minimum Gasteiger partial charge on any atom is -0.493 e. The highest BCUT2D eigenvalue weighted by atomic mass is 19.4. The molecule has 1 aliphatic rings. The van der Waals surface area contributed by atoms with Crippen molar-refractivity contribution in [3.8, 4) is 11.5 Å². The molecule has 0 aromatic heterocycles. The van der Waals surface area contributed by atoms with Crippen LogP contribution < -0.4 is 9.47 Å². The van der Waals surface area contributed by atoms with Crippen LogP contribution in [0.15, 0.2) is 12.1 Å². The van der Waals surface area contributed by atoms with E-state index in [2.05, 4.69) is 4.74 Å². The van der Waals surface area contributed by atoms with Crippen molar-refractivity contribution in [2.75, 3.05) is 20.2 Å². The summed E-state index contributed by atoms with van der Waals surface area (Å²) in [5, 5.41) is 0. The summed E-state index contributed by atoms with van der Waals surface area (Å²) in [6.45, 7) is 3.15. The van der Waals surface area contributed by atoms with Gasteiger partial charge in [-0.1, -0.05) is 13.3 Å². The van der Waals surface area contributed by atoms with E-state index in [0.717, 1.165) is 12.5 Å². The maximum Gasteiger partial charge on any atom is 0.573 e. The van der Waals surface area contributed by atoms with Gasteiger partial charge in [-0.3, -0.25) is 4.79 Å². The van der Waals surface area contributed by atoms with Gasteiger partial charge >= 0.3 is 6.36 Å². The quantitative estimate of drug-likeness (QED) is 0.835. The van der Waals surface area contributed by atoms with Crippen LogP contribution in [0.5, 0.6) is 11.5 Å². The Hall–Kier alpha value is -1.92. The Balaban J connectivity index is 2.43. The van der Waals surface area contributed by atoms with Crippen LogP contribution in [0.3, 0.4) is 0 Å². The first-order valence-corrected chi connectivity index (χ1v) is 7.11. The molecule has 0 unspecified atom stereocenters. The number of carbonyl (C=O) groups is 1. The minimum absolute atomic E-state index is 0.0272. The van der Waals surface area contributed by atoms with Crippen LogP contribution in [0.2, 0.25) is 0 Å². The zero-order chi connectivity index (χ0) is 16.3. The zero-order valence-electron chi connectivity index (χ0n) is 12.5. The predicted octanol–water partition coefficient (Wildman–Crippen LogP) is 3.39. The fourth-order valence-electron chi connectivity index (χ4n) is 2.37. The van der Waals surface area contributed by atoms with Crippen LogP contribution in [0.25, 0.3) is 0 Å². The molecule has 0 N–H and O–H groups in total. The summed E-state index contributed by atoms with van der Waals surface area (Å²) < 4.78 is 46.8. The Labute approximate surface area is 126 Å². The molecule has 1 aromatic rings. The minimum atomic E-state index is -4.84. The van der Waals surface area contributed by atoms with Gasteiger partial charge in [0.2, 0.25) is 0 Å². The van der Waals surface area contributed by atoms with Gasteiger partial charge in [-0.25, -0.2) is 0 Å². The van der Waals surface area contributed by atoms with Gasteiger partial charge in [0.25, 0.3) is 5.91 Å². The fourth-order valence-corrected chi connectivity index (χ4v) is 2.37. The molecule has 4 nitrogen and oxygen atoms in total. The van der Waals surface area contributed by atoms with Crippen LogP contribution in [0.4, 0.5) is 13.2 Å². The normalized spacial score (nSPS) is 14.5. The second-order valence-electron chi connectivity index (χ2n) is 5.11. The van der Waals surface area contributed by atoms with Crippen molar-refractivity contribution in [2.24, 2.45) is 0 Å². The van der Waals surface area contributed by atoms with E-state index in [-0.39, 0.29) is 17.2 Å². The summed E-state index contributed by atoms with van der Waals surface area (Å²) in [6.07, 6.45) is -2.72. The van der Waals surface area contributed by atoms with Gasteiger partial charge in [0.1, 0.15) is 0 Å². The van der Waals surface area contributed by atoms with Crippen molar-refractivity contribution in [3.63, 3.8) is 0 Å². The van der Waals surface area contributed by atoms with Crippen molar-refractivity contribution in [1.82, 2.24) is 4.90 Å². The Morgan fingerprint density at radius 2 is 2.00 bits per heavy atom. The van der Waals surface area contributed by atoms with E-state index in [4.69, 9.17) is 4.74 Å². The van der Waals surface area contributed by atoms with Gasteiger partial charge in [-0.05, 0) is 30.5 Å². The summed E-state index contributed by atoms with van der Waals surface area (Å²) in [5.74, 6) is -0.720. The molecule has 0 spiro atoms. The molecule has 1 aliphatic heterocycles. The molecule has 1 amide bonds. The Bertz CT molecular complexity index is 554. The topological polar surface area (TPSA) is 38.8 Å². The number of benzene rings is 1. The van der Waals surface area contributed by atoms with E-state index < -0.39 is 12.1 Å². The molecule has 7 heteroatoms. The van der Waals surface area contributed by atoms with Crippen LogP contribution in [-0.4, -0.2) is 37.4 Å². The van der Waals surface area contributed by atoms with Crippen LogP contribution in [-0.2, 0) is 6.42 Å². The molecule has 0 bridgehead atoms. The van der Waals surface area contributed by atoms with Gasteiger partial charge in [0, 0.05) is 18.7 Å². The lowest BCUT2D eigenvalue weighted by Crippen LogP contribution is -2.42. The van der Waals surface area contributed by atoms with E-state index in [0.29, 0.717) is 31.5 Å². The first-order valence-electron chi connectivity index (χ1n) is 7.11. The lowest BCUT2D eigenvalue weighted by Gasteiger charge is -2.31. The molecular weight excluding hydrogens is 299 g/mol. The average molecular weight is 317 g/mol. The molecule has 1 aromatic carbocycles. The second kappa shape index (κ2) is 6.46. The summed E-state index contributed by atoms with van der Waals surface area (Å²) in [4.78, 5) is 13.8. The van der Waals surface area contributed by atoms with Crippen molar-refractivity contribution in [2.45, 2.75) is 32.5 Å². The summed E-state index contributed by atoms with van der Waals surface area (Å²) >= 11 is 0. The number of halogens is 3. The predicted molar refractivity (Wildman–Crippen MR) is 74.2 cm³/mol. The number of hydrogen-bond donors (Lipinski definition) is 0. The number of alkyl halides is 3. The third-order valence-corrected chi connectivity index (χ3v) is 3.47. The first kappa shape index (κ1) is 16.5. The monoisotopic (exact) mass is 317 g/mol. The van der Waals surface area contributed by atoms with E-state index >= 15 is 0 Å². The number of amides is 1. The number of methoxy groups -OCH3 is 1. The molecule has 1 heterocycles. The molecule has 1 saturated heterocycles. The number of aryl methyl sites for hydroxylation is 1. The molecule has 1 fully saturated rings. The Morgan fingerprint density at radius 3 is 2.45 bits per heavy atom. The van der Waals surface area contributed by atoms with E-state index in [1.54, 1.807) is 11.0 Å². The zero-order valence-corrected chi connectivity index (χ0v) is 12.5. The number of nitrogens with zero attached hydrogens (tertiary/aromatic N) is 1. The van der Waals surface area contributed by atoms with E-state index in [1.807, 2.05) is 6.92 Å². The number of carbonyl (C=O) groups excluding carboxylic acids is 1. The second-order valence-corrected chi connectivity index (χ2v) is 5.11. The number of hydrogen-bond acceptors (Lipinski definition) is 3. The molecule has 0 aliphatic carbocycles. The van der Waals surface area contributed by atoms with Crippen LogP contribution in [0.1, 0.15) is 35.7 Å². The third kappa shape index (κ3) is 3.64. The smallest absolute Gasteiger partial charge is 0.493 e. The standard InChI is InChI=1S/C15H18F3NO3/c1-3-5-10-8-11(14(20)19-6-4-7-19)9-12(13(10)21-2)22-15(16,17)18/h8-9H,3-7H2,1-2H3. The van der Waals surface area contributed by atoms with E-state index in [9.17, 15) is 18.0 Å². The fraction of sp³-hybridized carbons (Fsp3) is 0.533. The van der Waals surface area contributed by atoms with Crippen molar-refractivity contribution in [3.05, 3.63) is 23.3 Å². The molecule has 122 valence electrons. The van der Waals surface area contributed by atoms with Gasteiger partial charge in [-0.15, -0.1) is 13.2 Å². The van der Waals surface area contributed by atoms with Gasteiger partial charge < -0.3 is 14.4 Å². The molecule has 0 radical (unpaired) electrons. The Kier molecular flexibility index (Phi) is 4.83. The average Bonchev–Trinajstić information content (AvgIpc) is 2.34. The Morgan fingerprint density at radius 1 is 1.32 bits per heavy atom. The molecule has 2 rings (SSSR count). The lowest BCUT2D eigenvalue weighted by molar-refractivity contribution is -0.275.